The van der Waals surface area contributed by atoms with Gasteiger partial charge in [0.25, 0.3) is 0 Å². The SMILES string of the molecule is CN(N=O)C(=O)NC1C(O)[C@H](O)C(COC(C)(C)C)O[C@H]1O. The van der Waals surface area contributed by atoms with Crippen LogP contribution < -0.4 is 5.32 Å². The van der Waals surface area contributed by atoms with E-state index in [1.54, 1.807) is 20.8 Å². The molecule has 4 N–H and O–H groups in total. The summed E-state index contributed by atoms with van der Waals surface area (Å²) in [5, 5.41) is 34.9. The Morgan fingerprint density at radius 1 is 1.32 bits per heavy atom. The van der Waals surface area contributed by atoms with Gasteiger partial charge in [0.15, 0.2) is 6.29 Å². The molecule has 1 rings (SSSR count). The van der Waals surface area contributed by atoms with E-state index < -0.39 is 42.3 Å². The third-order valence-electron chi connectivity index (χ3n) is 3.11. The Balaban J connectivity index is 2.68. The molecule has 0 aromatic heterocycles. The van der Waals surface area contributed by atoms with Crippen molar-refractivity contribution in [2.75, 3.05) is 13.7 Å². The summed E-state index contributed by atoms with van der Waals surface area (Å²) in [7, 11) is 1.10. The number of nitrogens with zero attached hydrogens (tertiary/aromatic N) is 2. The van der Waals surface area contributed by atoms with Crippen molar-refractivity contribution in [1.29, 1.82) is 0 Å². The van der Waals surface area contributed by atoms with E-state index in [1.165, 1.54) is 0 Å². The molecule has 0 radical (unpaired) electrons. The molecule has 0 aromatic rings. The first-order valence-corrected chi connectivity index (χ1v) is 6.78. The van der Waals surface area contributed by atoms with E-state index in [-0.39, 0.29) is 6.61 Å². The number of hydrogen-bond donors (Lipinski definition) is 4. The third-order valence-corrected chi connectivity index (χ3v) is 3.11. The van der Waals surface area contributed by atoms with Crippen LogP contribution in [0.3, 0.4) is 0 Å². The van der Waals surface area contributed by atoms with Gasteiger partial charge in [-0.25, -0.2) is 4.79 Å². The summed E-state index contributed by atoms with van der Waals surface area (Å²) in [4.78, 5) is 21.8. The van der Waals surface area contributed by atoms with Gasteiger partial charge in [-0.2, -0.15) is 5.01 Å². The number of hydrogen-bond acceptors (Lipinski definition) is 8. The molecule has 22 heavy (non-hydrogen) atoms. The minimum atomic E-state index is -1.57. The van der Waals surface area contributed by atoms with Crippen LogP contribution in [0.5, 0.6) is 0 Å². The van der Waals surface area contributed by atoms with Crippen LogP contribution in [-0.2, 0) is 9.47 Å². The zero-order chi connectivity index (χ0) is 17.1. The van der Waals surface area contributed by atoms with Crippen LogP contribution in [0, 0.1) is 4.91 Å². The number of ether oxygens (including phenoxy) is 2. The number of aliphatic hydroxyl groups excluding tert-OH is 3. The summed E-state index contributed by atoms with van der Waals surface area (Å²) in [6.07, 6.45) is -5.41. The van der Waals surface area contributed by atoms with Gasteiger partial charge in [-0.1, -0.05) is 0 Å². The molecular weight excluding hydrogens is 298 g/mol. The second kappa shape index (κ2) is 7.29. The topological polar surface area (TPSA) is 141 Å². The molecule has 3 unspecified atom stereocenters. The van der Waals surface area contributed by atoms with Crippen molar-refractivity contribution in [3.63, 3.8) is 0 Å². The third kappa shape index (κ3) is 4.85. The monoisotopic (exact) mass is 321 g/mol. The van der Waals surface area contributed by atoms with Gasteiger partial charge >= 0.3 is 6.03 Å². The number of amides is 2. The van der Waals surface area contributed by atoms with Crippen molar-refractivity contribution < 1.29 is 29.6 Å². The largest absolute Gasteiger partial charge is 0.388 e. The second-order valence-corrected chi connectivity index (χ2v) is 6.05. The molecule has 1 heterocycles. The Kier molecular flexibility index (Phi) is 6.20. The first kappa shape index (κ1) is 18.7. The highest BCUT2D eigenvalue weighted by molar-refractivity contribution is 5.73. The summed E-state index contributed by atoms with van der Waals surface area (Å²) >= 11 is 0. The van der Waals surface area contributed by atoms with E-state index in [4.69, 9.17) is 9.47 Å². The highest BCUT2D eigenvalue weighted by Crippen LogP contribution is 2.22. The van der Waals surface area contributed by atoms with Crippen molar-refractivity contribution >= 4 is 6.03 Å². The van der Waals surface area contributed by atoms with Gasteiger partial charge in [-0.05, 0) is 20.8 Å². The van der Waals surface area contributed by atoms with E-state index in [2.05, 4.69) is 10.6 Å². The van der Waals surface area contributed by atoms with Crippen LogP contribution in [-0.4, -0.2) is 76.3 Å². The van der Waals surface area contributed by atoms with E-state index >= 15 is 0 Å². The van der Waals surface area contributed by atoms with Crippen LogP contribution in [0.25, 0.3) is 0 Å². The molecule has 10 heteroatoms. The normalized spacial score (nSPS) is 32.4. The van der Waals surface area contributed by atoms with Crippen LogP contribution in [0.15, 0.2) is 5.29 Å². The first-order chi connectivity index (χ1) is 10.1. The molecule has 0 saturated carbocycles. The van der Waals surface area contributed by atoms with Crippen LogP contribution in [0.2, 0.25) is 0 Å². The molecule has 0 bridgehead atoms. The number of nitroso groups, excluding NO2 is 1. The lowest BCUT2D eigenvalue weighted by molar-refractivity contribution is -0.260. The summed E-state index contributed by atoms with van der Waals surface area (Å²) in [6, 6.07) is -2.25. The highest BCUT2D eigenvalue weighted by Gasteiger charge is 2.45. The Bertz CT molecular complexity index is 401. The zero-order valence-electron chi connectivity index (χ0n) is 13.0. The summed E-state index contributed by atoms with van der Waals surface area (Å²) in [6.45, 7) is 5.37. The average Bonchev–Trinajstić information content (AvgIpc) is 2.43. The second-order valence-electron chi connectivity index (χ2n) is 6.05. The fourth-order valence-corrected chi connectivity index (χ4v) is 1.85. The molecular formula is C12H23N3O7. The number of aliphatic hydroxyl groups is 3. The summed E-state index contributed by atoms with van der Waals surface area (Å²) in [5.41, 5.74) is -0.484. The van der Waals surface area contributed by atoms with Crippen molar-refractivity contribution in [2.45, 2.75) is 57.0 Å². The molecule has 2 amide bonds. The van der Waals surface area contributed by atoms with Crippen LogP contribution >= 0.6 is 0 Å². The summed E-state index contributed by atoms with van der Waals surface area (Å²) < 4.78 is 10.6. The van der Waals surface area contributed by atoms with Gasteiger partial charge in [0.05, 0.1) is 17.5 Å². The minimum absolute atomic E-state index is 0.0464. The van der Waals surface area contributed by atoms with Gasteiger partial charge in [-0.15, -0.1) is 4.91 Å². The quantitative estimate of drug-likeness (QED) is 0.382. The van der Waals surface area contributed by atoms with Gasteiger partial charge in [0, 0.05) is 7.05 Å². The molecule has 1 aliphatic heterocycles. The van der Waals surface area contributed by atoms with E-state index in [9.17, 15) is 25.0 Å². The van der Waals surface area contributed by atoms with Crippen molar-refractivity contribution in [1.82, 2.24) is 10.3 Å². The molecule has 5 atom stereocenters. The molecule has 128 valence electrons. The minimum Gasteiger partial charge on any atom is -0.388 e. The van der Waals surface area contributed by atoms with Crippen LogP contribution in [0.4, 0.5) is 4.79 Å². The predicted molar refractivity (Wildman–Crippen MR) is 74.5 cm³/mol. The van der Waals surface area contributed by atoms with Gasteiger partial charge in [0.1, 0.15) is 24.4 Å². The van der Waals surface area contributed by atoms with Crippen molar-refractivity contribution in [2.24, 2.45) is 5.29 Å². The van der Waals surface area contributed by atoms with Gasteiger partial charge in [0.2, 0.25) is 0 Å². The Morgan fingerprint density at radius 3 is 2.41 bits per heavy atom. The zero-order valence-corrected chi connectivity index (χ0v) is 13.0. The maximum absolute atomic E-state index is 11.5. The number of carbonyl (C=O) groups excluding carboxylic acids is 1. The lowest BCUT2D eigenvalue weighted by atomic mass is 9.97. The predicted octanol–water partition coefficient (Wildman–Crippen LogP) is -1.07. The number of rotatable bonds is 4. The molecule has 0 aromatic carbocycles. The van der Waals surface area contributed by atoms with Crippen LogP contribution in [0.1, 0.15) is 20.8 Å². The number of nitrogens with one attached hydrogen (secondary N) is 1. The standard InChI is InChI=1S/C12H23N3O7/c1-12(2,3)21-5-6-8(16)9(17)7(10(18)22-6)13-11(19)15(4)14-20/h6-10,16-18H,5H2,1-4H3,(H,13,19)/t6?,7?,8-,9?,10-/m1/s1. The van der Waals surface area contributed by atoms with Gasteiger partial charge < -0.3 is 30.1 Å². The van der Waals surface area contributed by atoms with E-state index in [0.29, 0.717) is 5.01 Å². The molecule has 0 aliphatic carbocycles. The molecule has 10 nitrogen and oxygen atoms in total. The maximum Gasteiger partial charge on any atom is 0.340 e. The molecule has 1 fully saturated rings. The molecule has 1 saturated heterocycles. The van der Waals surface area contributed by atoms with Gasteiger partial charge in [-0.3, -0.25) is 0 Å². The van der Waals surface area contributed by atoms with Crippen molar-refractivity contribution in [3.05, 3.63) is 4.91 Å². The Labute approximate surface area is 127 Å². The maximum atomic E-state index is 11.5. The highest BCUT2D eigenvalue weighted by atomic mass is 16.6. The Morgan fingerprint density at radius 2 is 1.91 bits per heavy atom. The Hall–Kier alpha value is -1.33. The molecule has 1 aliphatic rings. The van der Waals surface area contributed by atoms with E-state index in [1.807, 2.05) is 0 Å². The van der Waals surface area contributed by atoms with Crippen molar-refractivity contribution in [3.8, 4) is 0 Å². The fraction of sp³-hybridized carbons (Fsp3) is 0.917. The average molecular weight is 321 g/mol. The number of urea groups is 1. The number of carbonyl (C=O) groups is 1. The smallest absolute Gasteiger partial charge is 0.340 e. The lowest BCUT2D eigenvalue weighted by Crippen LogP contribution is -2.65. The lowest BCUT2D eigenvalue weighted by Gasteiger charge is -2.41. The molecule has 0 spiro atoms. The van der Waals surface area contributed by atoms with E-state index in [0.717, 1.165) is 7.05 Å². The fourth-order valence-electron chi connectivity index (χ4n) is 1.85. The first-order valence-electron chi connectivity index (χ1n) is 6.78. The summed E-state index contributed by atoms with van der Waals surface area (Å²) in [5.74, 6) is 0.